The third kappa shape index (κ3) is 2.43. The van der Waals surface area contributed by atoms with Gasteiger partial charge < -0.3 is 15.2 Å². The van der Waals surface area contributed by atoms with Gasteiger partial charge in [0.2, 0.25) is 0 Å². The predicted octanol–water partition coefficient (Wildman–Crippen LogP) is 2.89. The first-order valence-electron chi connectivity index (χ1n) is 5.28. The van der Waals surface area contributed by atoms with Gasteiger partial charge in [-0.2, -0.15) is 0 Å². The molecule has 0 spiro atoms. The van der Waals surface area contributed by atoms with E-state index in [1.54, 1.807) is 25.6 Å². The molecule has 0 unspecified atom stereocenters. The molecule has 0 aliphatic rings. The minimum absolute atomic E-state index is 0.566. The molecule has 2 rings (SSSR count). The molecule has 1 aromatic carbocycles. The maximum absolute atomic E-state index is 5.62. The first kappa shape index (κ1) is 12.0. The fourth-order valence-electron chi connectivity index (χ4n) is 1.67. The van der Waals surface area contributed by atoms with Gasteiger partial charge in [0, 0.05) is 17.0 Å². The van der Waals surface area contributed by atoms with Gasteiger partial charge in [-0.05, 0) is 35.2 Å². The van der Waals surface area contributed by atoms with Gasteiger partial charge in [-0.1, -0.05) is 0 Å². The Labute approximate surface area is 105 Å². The van der Waals surface area contributed by atoms with Gasteiger partial charge in [0.1, 0.15) is 11.5 Å². The normalized spacial score (nSPS) is 10.3. The monoisotopic (exact) mass is 249 g/mol. The Hall–Kier alpha value is -1.52. The second kappa shape index (κ2) is 5.21. The molecule has 0 bridgehead atoms. The van der Waals surface area contributed by atoms with E-state index in [4.69, 9.17) is 15.2 Å². The molecular weight excluding hydrogens is 234 g/mol. The highest BCUT2D eigenvalue weighted by Gasteiger charge is 2.09. The highest BCUT2D eigenvalue weighted by atomic mass is 32.1. The average molecular weight is 249 g/mol. The molecule has 0 fully saturated rings. The summed E-state index contributed by atoms with van der Waals surface area (Å²) in [5, 5.41) is 2.08. The number of hydrogen-bond donors (Lipinski definition) is 1. The molecule has 0 saturated heterocycles. The van der Waals surface area contributed by atoms with Crippen LogP contribution in [0.25, 0.3) is 11.1 Å². The number of rotatable bonds is 4. The van der Waals surface area contributed by atoms with Crippen LogP contribution in [0.4, 0.5) is 0 Å². The van der Waals surface area contributed by atoms with E-state index in [-0.39, 0.29) is 0 Å². The molecule has 2 N–H and O–H groups in total. The van der Waals surface area contributed by atoms with Crippen LogP contribution in [0.2, 0.25) is 0 Å². The van der Waals surface area contributed by atoms with Gasteiger partial charge in [-0.3, -0.25) is 0 Å². The fraction of sp³-hybridized carbons (Fsp3) is 0.231. The summed E-state index contributed by atoms with van der Waals surface area (Å²) in [5.41, 5.74) is 7.77. The number of ether oxygens (including phenoxy) is 2. The lowest BCUT2D eigenvalue weighted by molar-refractivity contribution is 0.404. The molecule has 1 aromatic heterocycles. The van der Waals surface area contributed by atoms with Crippen LogP contribution in [-0.2, 0) is 6.54 Å². The number of thiophene rings is 1. The van der Waals surface area contributed by atoms with Crippen LogP contribution >= 0.6 is 11.3 Å². The standard InChI is InChI=1S/C13H15NO2S/c1-15-10-3-4-13(16-2)12(6-10)9-5-11(7-14)17-8-9/h3-6,8H,7,14H2,1-2H3. The zero-order valence-electron chi connectivity index (χ0n) is 9.90. The zero-order valence-corrected chi connectivity index (χ0v) is 10.7. The minimum atomic E-state index is 0.566. The van der Waals surface area contributed by atoms with Gasteiger partial charge >= 0.3 is 0 Å². The van der Waals surface area contributed by atoms with Gasteiger partial charge in [-0.25, -0.2) is 0 Å². The highest BCUT2D eigenvalue weighted by Crippen LogP contribution is 2.35. The van der Waals surface area contributed by atoms with Crippen molar-refractivity contribution in [1.82, 2.24) is 0 Å². The molecule has 0 aliphatic heterocycles. The Balaban J connectivity index is 2.47. The zero-order chi connectivity index (χ0) is 12.3. The van der Waals surface area contributed by atoms with Crippen LogP contribution in [0.3, 0.4) is 0 Å². The van der Waals surface area contributed by atoms with Gasteiger partial charge in [-0.15, -0.1) is 11.3 Å². The van der Waals surface area contributed by atoms with Crippen LogP contribution in [0.1, 0.15) is 4.88 Å². The Bertz CT molecular complexity index is 508. The van der Waals surface area contributed by atoms with Gasteiger partial charge in [0.25, 0.3) is 0 Å². The van der Waals surface area contributed by atoms with E-state index >= 15 is 0 Å². The second-order valence-corrected chi connectivity index (χ2v) is 4.57. The quantitative estimate of drug-likeness (QED) is 0.906. The smallest absolute Gasteiger partial charge is 0.126 e. The summed E-state index contributed by atoms with van der Waals surface area (Å²) in [5.74, 6) is 1.66. The van der Waals surface area contributed by atoms with Crippen LogP contribution in [0.5, 0.6) is 11.5 Å². The first-order chi connectivity index (χ1) is 8.28. The summed E-state index contributed by atoms with van der Waals surface area (Å²) in [4.78, 5) is 1.16. The van der Waals surface area contributed by atoms with Crippen LogP contribution in [-0.4, -0.2) is 14.2 Å². The van der Waals surface area contributed by atoms with Crippen LogP contribution in [0.15, 0.2) is 29.6 Å². The van der Waals surface area contributed by atoms with E-state index in [9.17, 15) is 0 Å². The SMILES string of the molecule is COc1ccc(OC)c(-c2csc(CN)c2)c1. The Morgan fingerprint density at radius 2 is 2.00 bits per heavy atom. The number of benzene rings is 1. The first-order valence-corrected chi connectivity index (χ1v) is 6.16. The molecule has 0 amide bonds. The lowest BCUT2D eigenvalue weighted by atomic mass is 10.1. The summed E-state index contributed by atoms with van der Waals surface area (Å²) < 4.78 is 10.6. The average Bonchev–Trinajstić information content (AvgIpc) is 2.86. The molecule has 4 heteroatoms. The molecule has 17 heavy (non-hydrogen) atoms. The van der Waals surface area contributed by atoms with E-state index in [0.717, 1.165) is 27.5 Å². The van der Waals surface area contributed by atoms with Gasteiger partial charge in [0.15, 0.2) is 0 Å². The van der Waals surface area contributed by atoms with Crippen LogP contribution in [0, 0.1) is 0 Å². The number of methoxy groups -OCH3 is 2. The maximum Gasteiger partial charge on any atom is 0.126 e. The van der Waals surface area contributed by atoms with E-state index in [2.05, 4.69) is 11.4 Å². The van der Waals surface area contributed by atoms with Crippen LogP contribution < -0.4 is 15.2 Å². The lowest BCUT2D eigenvalue weighted by Crippen LogP contribution is -1.92. The summed E-state index contributed by atoms with van der Waals surface area (Å²) in [6.07, 6.45) is 0. The predicted molar refractivity (Wildman–Crippen MR) is 70.8 cm³/mol. The summed E-state index contributed by atoms with van der Waals surface area (Å²) in [7, 11) is 3.33. The van der Waals surface area contributed by atoms with E-state index in [0.29, 0.717) is 6.54 Å². The Kier molecular flexibility index (Phi) is 3.66. The molecule has 3 nitrogen and oxygen atoms in total. The van der Waals surface area contributed by atoms with Crippen molar-refractivity contribution in [2.24, 2.45) is 5.73 Å². The molecule has 0 aliphatic carbocycles. The van der Waals surface area contributed by atoms with E-state index in [1.807, 2.05) is 18.2 Å². The van der Waals surface area contributed by atoms with E-state index in [1.165, 1.54) is 0 Å². The third-order valence-electron chi connectivity index (χ3n) is 2.57. The summed E-state index contributed by atoms with van der Waals surface area (Å²) in [6.45, 7) is 0.566. The summed E-state index contributed by atoms with van der Waals surface area (Å²) >= 11 is 1.66. The van der Waals surface area contributed by atoms with Crippen molar-refractivity contribution in [3.05, 3.63) is 34.5 Å². The van der Waals surface area contributed by atoms with E-state index < -0.39 is 0 Å². The van der Waals surface area contributed by atoms with Crippen molar-refractivity contribution in [3.63, 3.8) is 0 Å². The fourth-order valence-corrected chi connectivity index (χ4v) is 2.43. The Morgan fingerprint density at radius 3 is 2.59 bits per heavy atom. The maximum atomic E-state index is 5.62. The molecular formula is C13H15NO2S. The van der Waals surface area contributed by atoms with Crippen molar-refractivity contribution in [1.29, 1.82) is 0 Å². The lowest BCUT2D eigenvalue weighted by Gasteiger charge is -2.09. The van der Waals surface area contributed by atoms with Gasteiger partial charge in [0.05, 0.1) is 14.2 Å². The van der Waals surface area contributed by atoms with Crippen molar-refractivity contribution < 1.29 is 9.47 Å². The molecule has 1 heterocycles. The van der Waals surface area contributed by atoms with Crippen molar-refractivity contribution in [2.45, 2.75) is 6.54 Å². The molecule has 90 valence electrons. The summed E-state index contributed by atoms with van der Waals surface area (Å²) in [6, 6.07) is 7.86. The van der Waals surface area contributed by atoms with Crippen molar-refractivity contribution in [3.8, 4) is 22.6 Å². The third-order valence-corrected chi connectivity index (χ3v) is 3.53. The number of hydrogen-bond acceptors (Lipinski definition) is 4. The number of nitrogens with two attached hydrogens (primary N) is 1. The highest BCUT2D eigenvalue weighted by molar-refractivity contribution is 7.10. The van der Waals surface area contributed by atoms with Crippen molar-refractivity contribution >= 4 is 11.3 Å². The molecule has 0 radical (unpaired) electrons. The topological polar surface area (TPSA) is 44.5 Å². The largest absolute Gasteiger partial charge is 0.497 e. The Morgan fingerprint density at radius 1 is 1.18 bits per heavy atom. The second-order valence-electron chi connectivity index (χ2n) is 3.57. The minimum Gasteiger partial charge on any atom is -0.497 e. The molecule has 2 aromatic rings. The molecule has 0 saturated carbocycles. The molecule has 0 atom stereocenters. The van der Waals surface area contributed by atoms with Crippen molar-refractivity contribution in [2.75, 3.05) is 14.2 Å².